The lowest BCUT2D eigenvalue weighted by molar-refractivity contribution is -0.139. The van der Waals surface area contributed by atoms with Gasteiger partial charge < -0.3 is 9.63 Å². The van der Waals surface area contributed by atoms with Crippen LogP contribution in [0.4, 0.5) is 0 Å². The molecule has 0 fully saturated rings. The quantitative estimate of drug-likeness (QED) is 0.642. The SMILES string of the molecule is CC(NCc1ncno1)C(=O)O. The van der Waals surface area contributed by atoms with Gasteiger partial charge in [-0.15, -0.1) is 0 Å². The lowest BCUT2D eigenvalue weighted by Gasteiger charge is -2.04. The maximum atomic E-state index is 10.3. The lowest BCUT2D eigenvalue weighted by Crippen LogP contribution is -2.33. The third kappa shape index (κ3) is 2.31. The van der Waals surface area contributed by atoms with Crippen molar-refractivity contribution in [2.75, 3.05) is 0 Å². The van der Waals surface area contributed by atoms with E-state index in [1.54, 1.807) is 6.92 Å². The molecule has 1 unspecified atom stereocenters. The first-order valence-electron chi connectivity index (χ1n) is 3.42. The minimum Gasteiger partial charge on any atom is -0.480 e. The Labute approximate surface area is 68.6 Å². The van der Waals surface area contributed by atoms with Crippen molar-refractivity contribution in [2.45, 2.75) is 19.5 Å². The molecule has 0 saturated carbocycles. The van der Waals surface area contributed by atoms with Crippen LogP contribution >= 0.6 is 0 Å². The Kier molecular flexibility index (Phi) is 2.76. The molecule has 0 bridgehead atoms. The van der Waals surface area contributed by atoms with Gasteiger partial charge in [-0.25, -0.2) is 0 Å². The number of carboxylic acids is 1. The van der Waals surface area contributed by atoms with E-state index in [-0.39, 0.29) is 6.54 Å². The summed E-state index contributed by atoms with van der Waals surface area (Å²) < 4.78 is 4.65. The molecule has 2 N–H and O–H groups in total. The van der Waals surface area contributed by atoms with Crippen molar-refractivity contribution in [2.24, 2.45) is 0 Å². The van der Waals surface area contributed by atoms with Crippen molar-refractivity contribution in [3.63, 3.8) is 0 Å². The number of rotatable bonds is 4. The molecule has 1 heterocycles. The van der Waals surface area contributed by atoms with Gasteiger partial charge >= 0.3 is 5.97 Å². The van der Waals surface area contributed by atoms with Crippen LogP contribution in [0.5, 0.6) is 0 Å². The molecule has 0 amide bonds. The molecule has 12 heavy (non-hydrogen) atoms. The summed E-state index contributed by atoms with van der Waals surface area (Å²) in [6.07, 6.45) is 1.27. The highest BCUT2D eigenvalue weighted by atomic mass is 16.5. The number of carboxylic acid groups (broad SMARTS) is 1. The Morgan fingerprint density at radius 3 is 3.17 bits per heavy atom. The van der Waals surface area contributed by atoms with Gasteiger partial charge in [-0.2, -0.15) is 4.98 Å². The number of aromatic nitrogens is 2. The number of nitrogens with zero attached hydrogens (tertiary/aromatic N) is 2. The van der Waals surface area contributed by atoms with Gasteiger partial charge in [0.25, 0.3) is 0 Å². The van der Waals surface area contributed by atoms with Crippen molar-refractivity contribution in [1.29, 1.82) is 0 Å². The molecule has 0 aliphatic heterocycles. The molecule has 0 spiro atoms. The van der Waals surface area contributed by atoms with Gasteiger partial charge in [-0.1, -0.05) is 5.16 Å². The zero-order valence-corrected chi connectivity index (χ0v) is 6.52. The van der Waals surface area contributed by atoms with Gasteiger partial charge in [0.2, 0.25) is 5.89 Å². The molecule has 6 nitrogen and oxygen atoms in total. The summed E-state index contributed by atoms with van der Waals surface area (Å²) >= 11 is 0. The summed E-state index contributed by atoms with van der Waals surface area (Å²) in [5, 5.41) is 14.5. The number of aliphatic carboxylic acids is 1. The molecule has 0 aliphatic rings. The predicted molar refractivity (Wildman–Crippen MR) is 38.2 cm³/mol. The number of hydrogen-bond donors (Lipinski definition) is 2. The second-order valence-corrected chi connectivity index (χ2v) is 2.28. The molecule has 1 aromatic rings. The van der Waals surface area contributed by atoms with E-state index in [1.165, 1.54) is 6.33 Å². The summed E-state index contributed by atoms with van der Waals surface area (Å²) in [6.45, 7) is 1.81. The van der Waals surface area contributed by atoms with Crippen molar-refractivity contribution in [1.82, 2.24) is 15.5 Å². The van der Waals surface area contributed by atoms with Gasteiger partial charge in [0, 0.05) is 0 Å². The third-order valence-electron chi connectivity index (χ3n) is 1.34. The van der Waals surface area contributed by atoms with Gasteiger partial charge in [0.15, 0.2) is 6.33 Å². The minimum absolute atomic E-state index is 0.271. The van der Waals surface area contributed by atoms with Gasteiger partial charge in [-0.3, -0.25) is 10.1 Å². The Bertz CT molecular complexity index is 247. The summed E-state index contributed by atoms with van der Waals surface area (Å²) in [7, 11) is 0. The smallest absolute Gasteiger partial charge is 0.320 e. The van der Waals surface area contributed by atoms with E-state index in [0.717, 1.165) is 0 Å². The Balaban J connectivity index is 2.31. The highest BCUT2D eigenvalue weighted by Gasteiger charge is 2.10. The molecule has 0 aliphatic carbocycles. The fourth-order valence-corrected chi connectivity index (χ4v) is 0.602. The maximum Gasteiger partial charge on any atom is 0.320 e. The number of carbonyl (C=O) groups is 1. The largest absolute Gasteiger partial charge is 0.480 e. The highest BCUT2D eigenvalue weighted by molar-refractivity contribution is 5.72. The first-order valence-corrected chi connectivity index (χ1v) is 3.42. The highest BCUT2D eigenvalue weighted by Crippen LogP contribution is 1.91. The molecule has 1 rings (SSSR count). The minimum atomic E-state index is -0.908. The average Bonchev–Trinajstić information content (AvgIpc) is 2.51. The molecule has 66 valence electrons. The normalized spacial score (nSPS) is 12.8. The van der Waals surface area contributed by atoms with E-state index in [2.05, 4.69) is 20.0 Å². The summed E-state index contributed by atoms with van der Waals surface area (Å²) in [6, 6.07) is -0.614. The van der Waals surface area contributed by atoms with Crippen LogP contribution in [0.3, 0.4) is 0 Å². The molecule has 6 heteroatoms. The van der Waals surface area contributed by atoms with Crippen LogP contribution < -0.4 is 5.32 Å². The maximum absolute atomic E-state index is 10.3. The van der Waals surface area contributed by atoms with Crippen molar-refractivity contribution < 1.29 is 14.4 Å². The van der Waals surface area contributed by atoms with Crippen molar-refractivity contribution >= 4 is 5.97 Å². The van der Waals surface area contributed by atoms with Crippen LogP contribution in [0.15, 0.2) is 10.9 Å². The first kappa shape index (κ1) is 8.66. The van der Waals surface area contributed by atoms with E-state index in [1.807, 2.05) is 0 Å². The topological polar surface area (TPSA) is 88.3 Å². The van der Waals surface area contributed by atoms with Crippen molar-refractivity contribution in [3.05, 3.63) is 12.2 Å². The van der Waals surface area contributed by atoms with Gasteiger partial charge in [0.05, 0.1) is 6.54 Å². The number of nitrogens with one attached hydrogen (secondary N) is 1. The van der Waals surface area contributed by atoms with E-state index in [4.69, 9.17) is 5.11 Å². The molecule has 0 saturated heterocycles. The fourth-order valence-electron chi connectivity index (χ4n) is 0.602. The monoisotopic (exact) mass is 171 g/mol. The van der Waals surface area contributed by atoms with E-state index >= 15 is 0 Å². The zero-order chi connectivity index (χ0) is 8.97. The summed E-state index contributed by atoms with van der Waals surface area (Å²) in [5.74, 6) is -0.530. The van der Waals surface area contributed by atoms with Crippen LogP contribution in [0.1, 0.15) is 12.8 Å². The second kappa shape index (κ2) is 3.82. The molecule has 0 aromatic carbocycles. The van der Waals surface area contributed by atoms with Crippen LogP contribution in [0, 0.1) is 0 Å². The first-order chi connectivity index (χ1) is 5.70. The van der Waals surface area contributed by atoms with E-state index in [9.17, 15) is 4.79 Å². The van der Waals surface area contributed by atoms with Gasteiger partial charge in [-0.05, 0) is 6.92 Å². The van der Waals surface area contributed by atoms with Crippen LogP contribution in [0.2, 0.25) is 0 Å². The Hall–Kier alpha value is -1.43. The van der Waals surface area contributed by atoms with Crippen LogP contribution in [-0.4, -0.2) is 27.3 Å². The molecule has 0 radical (unpaired) electrons. The fraction of sp³-hybridized carbons (Fsp3) is 0.500. The Morgan fingerprint density at radius 2 is 2.67 bits per heavy atom. The zero-order valence-electron chi connectivity index (χ0n) is 6.52. The predicted octanol–water partition coefficient (Wildman–Crippen LogP) is -0.368. The number of hydrogen-bond acceptors (Lipinski definition) is 5. The van der Waals surface area contributed by atoms with Crippen molar-refractivity contribution in [3.8, 4) is 0 Å². The molecular formula is C6H9N3O3. The van der Waals surface area contributed by atoms with E-state index in [0.29, 0.717) is 5.89 Å². The second-order valence-electron chi connectivity index (χ2n) is 2.28. The van der Waals surface area contributed by atoms with Crippen LogP contribution in [-0.2, 0) is 11.3 Å². The molecular weight excluding hydrogens is 162 g/mol. The third-order valence-corrected chi connectivity index (χ3v) is 1.34. The molecule has 1 aromatic heterocycles. The lowest BCUT2D eigenvalue weighted by atomic mass is 10.3. The Morgan fingerprint density at radius 1 is 1.92 bits per heavy atom. The van der Waals surface area contributed by atoms with Crippen LogP contribution in [0.25, 0.3) is 0 Å². The van der Waals surface area contributed by atoms with Gasteiger partial charge in [0.1, 0.15) is 6.04 Å². The standard InChI is InChI=1S/C6H9N3O3/c1-4(6(10)11)7-2-5-8-3-9-12-5/h3-4,7H,2H2,1H3,(H,10,11). The average molecular weight is 171 g/mol. The summed E-state index contributed by atoms with van der Waals surface area (Å²) in [5.41, 5.74) is 0. The summed E-state index contributed by atoms with van der Waals surface area (Å²) in [4.78, 5) is 14.0. The molecule has 1 atom stereocenters. The van der Waals surface area contributed by atoms with E-state index < -0.39 is 12.0 Å².